The third-order valence-corrected chi connectivity index (χ3v) is 2.80. The van der Waals surface area contributed by atoms with Crippen LogP contribution in [0.15, 0.2) is 12.3 Å². The van der Waals surface area contributed by atoms with Crippen molar-refractivity contribution in [3.8, 4) is 5.88 Å². The van der Waals surface area contributed by atoms with Gasteiger partial charge in [0.2, 0.25) is 11.8 Å². The van der Waals surface area contributed by atoms with Gasteiger partial charge in [0, 0.05) is 18.8 Å². The predicted molar refractivity (Wildman–Crippen MR) is 70.3 cm³/mol. The van der Waals surface area contributed by atoms with Gasteiger partial charge < -0.3 is 10.1 Å². The van der Waals surface area contributed by atoms with Gasteiger partial charge in [-0.05, 0) is 18.3 Å². The Bertz CT molecular complexity index is 328. The van der Waals surface area contributed by atoms with Crippen molar-refractivity contribution in [3.05, 3.63) is 12.3 Å². The highest BCUT2D eigenvalue weighted by molar-refractivity contribution is 5.27. The first-order chi connectivity index (χ1) is 8.13. The normalized spacial score (nSPS) is 12.5. The van der Waals surface area contributed by atoms with Gasteiger partial charge in [-0.1, -0.05) is 27.7 Å². The van der Waals surface area contributed by atoms with Crippen LogP contribution in [0.3, 0.4) is 0 Å². The van der Waals surface area contributed by atoms with Gasteiger partial charge in [0.05, 0.1) is 6.61 Å². The summed E-state index contributed by atoms with van der Waals surface area (Å²) in [5.41, 5.74) is 0. The third-order valence-electron chi connectivity index (χ3n) is 2.80. The molecule has 1 unspecified atom stereocenters. The molecule has 1 atom stereocenters. The van der Waals surface area contributed by atoms with Crippen LogP contribution in [0, 0.1) is 11.8 Å². The third kappa shape index (κ3) is 5.02. The molecule has 0 aliphatic carbocycles. The molecule has 0 saturated heterocycles. The van der Waals surface area contributed by atoms with Crippen molar-refractivity contribution in [1.29, 1.82) is 0 Å². The van der Waals surface area contributed by atoms with Crippen LogP contribution in [-0.2, 0) is 0 Å². The van der Waals surface area contributed by atoms with E-state index < -0.39 is 0 Å². The molecule has 0 radical (unpaired) electrons. The summed E-state index contributed by atoms with van der Waals surface area (Å²) < 4.78 is 5.46. The molecule has 96 valence electrons. The molecule has 17 heavy (non-hydrogen) atoms. The molecule has 1 aromatic rings. The van der Waals surface area contributed by atoms with Crippen LogP contribution in [0.4, 0.5) is 5.95 Å². The standard InChI is InChI=1S/C13H23N3O/c1-5-8-17-12-6-7-14-13(16-12)15-9-11(4)10(2)3/h6-7,10-11H,5,8-9H2,1-4H3,(H,14,15,16). The highest BCUT2D eigenvalue weighted by Gasteiger charge is 2.07. The first kappa shape index (κ1) is 13.7. The molecular formula is C13H23N3O. The molecule has 1 N–H and O–H groups in total. The SMILES string of the molecule is CCCOc1ccnc(NCC(C)C(C)C)n1. The Hall–Kier alpha value is -1.32. The van der Waals surface area contributed by atoms with E-state index in [1.54, 1.807) is 12.3 Å². The Kier molecular flexibility index (Phi) is 5.73. The van der Waals surface area contributed by atoms with Crippen molar-refractivity contribution in [2.75, 3.05) is 18.5 Å². The van der Waals surface area contributed by atoms with E-state index in [1.807, 2.05) is 0 Å². The van der Waals surface area contributed by atoms with E-state index in [2.05, 4.69) is 43.0 Å². The number of nitrogens with one attached hydrogen (secondary N) is 1. The van der Waals surface area contributed by atoms with Crippen LogP contribution >= 0.6 is 0 Å². The minimum absolute atomic E-state index is 0.596. The molecular weight excluding hydrogens is 214 g/mol. The smallest absolute Gasteiger partial charge is 0.225 e. The summed E-state index contributed by atoms with van der Waals surface area (Å²) in [6.07, 6.45) is 2.71. The lowest BCUT2D eigenvalue weighted by Gasteiger charge is -2.16. The van der Waals surface area contributed by atoms with E-state index in [0.29, 0.717) is 30.3 Å². The lowest BCUT2D eigenvalue weighted by Crippen LogP contribution is -2.17. The summed E-state index contributed by atoms with van der Waals surface area (Å²) in [7, 11) is 0. The average molecular weight is 237 g/mol. The van der Waals surface area contributed by atoms with Crippen LogP contribution in [0.2, 0.25) is 0 Å². The van der Waals surface area contributed by atoms with Crippen molar-refractivity contribution in [2.45, 2.75) is 34.1 Å². The molecule has 4 heteroatoms. The van der Waals surface area contributed by atoms with Crippen LogP contribution in [0.1, 0.15) is 34.1 Å². The molecule has 0 aromatic carbocycles. The first-order valence-electron chi connectivity index (χ1n) is 6.33. The number of hydrogen-bond donors (Lipinski definition) is 1. The van der Waals surface area contributed by atoms with Crippen molar-refractivity contribution < 1.29 is 4.74 Å². The second kappa shape index (κ2) is 7.09. The Labute approximate surface area is 104 Å². The molecule has 1 aromatic heterocycles. The fourth-order valence-corrected chi connectivity index (χ4v) is 1.20. The summed E-state index contributed by atoms with van der Waals surface area (Å²) in [5.74, 6) is 2.54. The maximum Gasteiger partial charge on any atom is 0.225 e. The van der Waals surface area contributed by atoms with Gasteiger partial charge in [0.1, 0.15) is 0 Å². The zero-order chi connectivity index (χ0) is 12.7. The van der Waals surface area contributed by atoms with Gasteiger partial charge in [-0.15, -0.1) is 0 Å². The summed E-state index contributed by atoms with van der Waals surface area (Å²) >= 11 is 0. The number of aromatic nitrogens is 2. The van der Waals surface area contributed by atoms with E-state index in [1.165, 1.54) is 0 Å². The van der Waals surface area contributed by atoms with Crippen molar-refractivity contribution in [3.63, 3.8) is 0 Å². The number of nitrogens with zero attached hydrogens (tertiary/aromatic N) is 2. The Balaban J connectivity index is 2.48. The quantitative estimate of drug-likeness (QED) is 0.792. The predicted octanol–water partition coefficient (Wildman–Crippen LogP) is 2.97. The second-order valence-electron chi connectivity index (χ2n) is 4.67. The Morgan fingerprint density at radius 3 is 2.76 bits per heavy atom. The van der Waals surface area contributed by atoms with Gasteiger partial charge in [0.25, 0.3) is 0 Å². The van der Waals surface area contributed by atoms with Crippen LogP contribution < -0.4 is 10.1 Å². The van der Waals surface area contributed by atoms with Crippen LogP contribution in [0.25, 0.3) is 0 Å². The molecule has 0 aliphatic rings. The monoisotopic (exact) mass is 237 g/mol. The molecule has 4 nitrogen and oxygen atoms in total. The van der Waals surface area contributed by atoms with Crippen molar-refractivity contribution in [1.82, 2.24) is 9.97 Å². The topological polar surface area (TPSA) is 47.0 Å². The largest absolute Gasteiger partial charge is 0.478 e. The van der Waals surface area contributed by atoms with E-state index in [4.69, 9.17) is 4.74 Å². The van der Waals surface area contributed by atoms with Crippen LogP contribution in [0.5, 0.6) is 5.88 Å². The molecule has 0 aliphatic heterocycles. The van der Waals surface area contributed by atoms with Gasteiger partial charge >= 0.3 is 0 Å². The minimum atomic E-state index is 0.596. The van der Waals surface area contributed by atoms with Gasteiger partial charge in [-0.25, -0.2) is 4.98 Å². The van der Waals surface area contributed by atoms with Crippen LogP contribution in [-0.4, -0.2) is 23.1 Å². The van der Waals surface area contributed by atoms with E-state index in [-0.39, 0.29) is 0 Å². The lowest BCUT2D eigenvalue weighted by atomic mass is 9.98. The number of rotatable bonds is 7. The van der Waals surface area contributed by atoms with Gasteiger partial charge in [-0.2, -0.15) is 4.98 Å². The zero-order valence-corrected chi connectivity index (χ0v) is 11.2. The minimum Gasteiger partial charge on any atom is -0.478 e. The fourth-order valence-electron chi connectivity index (χ4n) is 1.20. The molecule has 1 heterocycles. The highest BCUT2D eigenvalue weighted by Crippen LogP contribution is 2.12. The Morgan fingerprint density at radius 2 is 2.12 bits per heavy atom. The summed E-state index contributed by atoms with van der Waals surface area (Å²) in [6.45, 7) is 10.3. The van der Waals surface area contributed by atoms with E-state index in [0.717, 1.165) is 13.0 Å². The maximum atomic E-state index is 5.46. The number of ether oxygens (including phenoxy) is 1. The molecule has 0 fully saturated rings. The van der Waals surface area contributed by atoms with E-state index >= 15 is 0 Å². The molecule has 0 amide bonds. The van der Waals surface area contributed by atoms with E-state index in [9.17, 15) is 0 Å². The van der Waals surface area contributed by atoms with Gasteiger partial charge in [-0.3, -0.25) is 0 Å². The Morgan fingerprint density at radius 1 is 1.35 bits per heavy atom. The average Bonchev–Trinajstić information content (AvgIpc) is 2.33. The summed E-state index contributed by atoms with van der Waals surface area (Å²) in [4.78, 5) is 8.47. The van der Waals surface area contributed by atoms with Gasteiger partial charge in [0.15, 0.2) is 0 Å². The van der Waals surface area contributed by atoms with Crippen molar-refractivity contribution >= 4 is 5.95 Å². The maximum absolute atomic E-state index is 5.46. The lowest BCUT2D eigenvalue weighted by molar-refractivity contribution is 0.305. The highest BCUT2D eigenvalue weighted by atomic mass is 16.5. The fraction of sp³-hybridized carbons (Fsp3) is 0.692. The first-order valence-corrected chi connectivity index (χ1v) is 6.33. The molecule has 1 rings (SSSR count). The van der Waals surface area contributed by atoms with Crippen molar-refractivity contribution in [2.24, 2.45) is 11.8 Å². The summed E-state index contributed by atoms with van der Waals surface area (Å²) in [5, 5.41) is 3.24. The second-order valence-corrected chi connectivity index (χ2v) is 4.67. The molecule has 0 spiro atoms. The molecule has 0 saturated carbocycles. The summed E-state index contributed by atoms with van der Waals surface area (Å²) in [6, 6.07) is 1.78. The number of hydrogen-bond acceptors (Lipinski definition) is 4. The zero-order valence-electron chi connectivity index (χ0n) is 11.2. The molecule has 0 bridgehead atoms. The number of anilines is 1.